The predicted molar refractivity (Wildman–Crippen MR) is 77.3 cm³/mol. The lowest BCUT2D eigenvalue weighted by Crippen LogP contribution is -2.43. The molecule has 1 aromatic rings. The highest BCUT2D eigenvalue weighted by Gasteiger charge is 2.39. The Balaban J connectivity index is 1.73. The largest absolute Gasteiger partial charge is 0.490 e. The molecule has 2 fully saturated rings. The summed E-state index contributed by atoms with van der Waals surface area (Å²) in [6.07, 6.45) is 5.32. The molecule has 104 valence electrons. The topological polar surface area (TPSA) is 38.5 Å². The lowest BCUT2D eigenvalue weighted by Gasteiger charge is -2.36. The number of fused-ring (bicyclic) bond motifs is 2. The molecule has 1 aromatic carbocycles. The molecule has 0 spiro atoms. The second kappa shape index (κ2) is 5.14. The van der Waals surface area contributed by atoms with Gasteiger partial charge in [-0.3, -0.25) is 0 Å². The Labute approximate surface area is 115 Å². The maximum atomic E-state index is 6.27. The molecule has 2 heterocycles. The predicted octanol–water partition coefficient (Wildman–Crippen LogP) is 2.71. The molecule has 3 atom stereocenters. The van der Waals surface area contributed by atoms with Crippen LogP contribution in [0.2, 0.25) is 0 Å². The van der Waals surface area contributed by atoms with E-state index in [1.165, 1.54) is 12.8 Å². The fourth-order valence-electron chi connectivity index (χ4n) is 3.60. The van der Waals surface area contributed by atoms with Gasteiger partial charge < -0.3 is 15.4 Å². The molecule has 2 bridgehead atoms. The first-order chi connectivity index (χ1) is 9.15. The summed E-state index contributed by atoms with van der Waals surface area (Å²) < 4.78 is 6.27. The number of rotatable bonds is 3. The van der Waals surface area contributed by atoms with E-state index in [9.17, 15) is 0 Å². The highest BCUT2D eigenvalue weighted by molar-refractivity contribution is 5.35. The molecule has 3 nitrogen and oxygen atoms in total. The first-order valence-corrected chi connectivity index (χ1v) is 7.38. The number of nitrogens with two attached hydrogens (primary N) is 1. The van der Waals surface area contributed by atoms with Gasteiger partial charge in [0.1, 0.15) is 11.9 Å². The minimum Gasteiger partial charge on any atom is -0.490 e. The molecule has 2 saturated heterocycles. The van der Waals surface area contributed by atoms with Crippen molar-refractivity contribution in [3.63, 3.8) is 0 Å². The van der Waals surface area contributed by atoms with Crippen LogP contribution in [-0.2, 0) is 0 Å². The summed E-state index contributed by atoms with van der Waals surface area (Å²) in [5.74, 6) is 0.978. The Bertz CT molecular complexity index is 432. The Kier molecular flexibility index (Phi) is 3.50. The fourth-order valence-corrected chi connectivity index (χ4v) is 3.60. The van der Waals surface area contributed by atoms with Crippen LogP contribution < -0.4 is 10.5 Å². The molecular formula is C16H24N2O. The van der Waals surface area contributed by atoms with E-state index < -0.39 is 0 Å². The fraction of sp³-hybridized carbons (Fsp3) is 0.625. The molecule has 0 aromatic heterocycles. The second-order valence-corrected chi connectivity index (χ2v) is 6.09. The van der Waals surface area contributed by atoms with Crippen molar-refractivity contribution in [1.29, 1.82) is 0 Å². The molecule has 3 unspecified atom stereocenters. The van der Waals surface area contributed by atoms with Gasteiger partial charge >= 0.3 is 0 Å². The van der Waals surface area contributed by atoms with Gasteiger partial charge in [0.25, 0.3) is 0 Å². The molecule has 2 aliphatic heterocycles. The van der Waals surface area contributed by atoms with E-state index in [0.29, 0.717) is 18.2 Å². The number of nitrogens with zero attached hydrogens (tertiary/aromatic N) is 1. The number of hydrogen-bond donors (Lipinski definition) is 1. The van der Waals surface area contributed by atoms with Gasteiger partial charge in [0.05, 0.1) is 0 Å². The van der Waals surface area contributed by atoms with Crippen molar-refractivity contribution in [3.05, 3.63) is 29.8 Å². The maximum Gasteiger partial charge on any atom is 0.124 e. The minimum atomic E-state index is 0.0270. The van der Waals surface area contributed by atoms with Crippen molar-refractivity contribution in [2.75, 3.05) is 7.05 Å². The van der Waals surface area contributed by atoms with Crippen LogP contribution in [0.1, 0.15) is 44.2 Å². The third-order valence-electron chi connectivity index (χ3n) is 4.76. The summed E-state index contributed by atoms with van der Waals surface area (Å²) in [4.78, 5) is 2.54. The quantitative estimate of drug-likeness (QED) is 0.908. The van der Waals surface area contributed by atoms with Crippen molar-refractivity contribution >= 4 is 0 Å². The van der Waals surface area contributed by atoms with E-state index >= 15 is 0 Å². The van der Waals surface area contributed by atoms with Gasteiger partial charge in [-0.15, -0.1) is 0 Å². The number of hydrogen-bond acceptors (Lipinski definition) is 3. The van der Waals surface area contributed by atoms with Gasteiger partial charge in [-0.05, 0) is 45.7 Å². The minimum absolute atomic E-state index is 0.0270. The third kappa shape index (κ3) is 2.49. The van der Waals surface area contributed by atoms with Crippen LogP contribution in [-0.4, -0.2) is 30.1 Å². The van der Waals surface area contributed by atoms with Crippen molar-refractivity contribution in [2.24, 2.45) is 5.73 Å². The molecule has 0 aliphatic carbocycles. The van der Waals surface area contributed by atoms with E-state index in [4.69, 9.17) is 10.5 Å². The molecule has 0 saturated carbocycles. The van der Waals surface area contributed by atoms with Crippen LogP contribution in [0.25, 0.3) is 0 Å². The number of ether oxygens (including phenoxy) is 1. The summed E-state index contributed by atoms with van der Waals surface area (Å²) in [6, 6.07) is 9.65. The van der Waals surface area contributed by atoms with Gasteiger partial charge in [0.15, 0.2) is 0 Å². The van der Waals surface area contributed by atoms with Crippen LogP contribution in [0.4, 0.5) is 0 Å². The molecule has 0 amide bonds. The normalized spacial score (nSPS) is 32.3. The Morgan fingerprint density at radius 1 is 1.21 bits per heavy atom. The smallest absolute Gasteiger partial charge is 0.124 e. The maximum absolute atomic E-state index is 6.27. The van der Waals surface area contributed by atoms with Gasteiger partial charge in [0.2, 0.25) is 0 Å². The summed E-state index contributed by atoms with van der Waals surface area (Å²) >= 11 is 0. The van der Waals surface area contributed by atoms with E-state index in [-0.39, 0.29) is 6.04 Å². The molecule has 19 heavy (non-hydrogen) atoms. The summed E-state index contributed by atoms with van der Waals surface area (Å²) in [5.41, 5.74) is 7.14. The molecule has 3 heteroatoms. The SMILES string of the molecule is CC(N)c1ccccc1OC1CC2CCC(C1)N2C. The zero-order valence-corrected chi connectivity index (χ0v) is 11.9. The van der Waals surface area contributed by atoms with E-state index in [1.54, 1.807) is 0 Å². The summed E-state index contributed by atoms with van der Waals surface area (Å²) in [6.45, 7) is 2.01. The molecule has 2 N–H and O–H groups in total. The highest BCUT2D eigenvalue weighted by atomic mass is 16.5. The van der Waals surface area contributed by atoms with E-state index in [2.05, 4.69) is 24.1 Å². The first kappa shape index (κ1) is 12.9. The van der Waals surface area contributed by atoms with Crippen LogP contribution >= 0.6 is 0 Å². The monoisotopic (exact) mass is 260 g/mol. The Morgan fingerprint density at radius 2 is 1.84 bits per heavy atom. The number of para-hydroxylation sites is 1. The van der Waals surface area contributed by atoms with Gasteiger partial charge in [-0.2, -0.15) is 0 Å². The van der Waals surface area contributed by atoms with Gasteiger partial charge in [-0.1, -0.05) is 18.2 Å². The average Bonchev–Trinajstić information content (AvgIpc) is 2.63. The Hall–Kier alpha value is -1.06. The number of piperidine rings is 1. The lowest BCUT2D eigenvalue weighted by molar-refractivity contribution is 0.0654. The van der Waals surface area contributed by atoms with Crippen molar-refractivity contribution in [3.8, 4) is 5.75 Å². The van der Waals surface area contributed by atoms with Gasteiger partial charge in [-0.25, -0.2) is 0 Å². The molecule has 0 radical (unpaired) electrons. The zero-order valence-electron chi connectivity index (χ0n) is 11.9. The third-order valence-corrected chi connectivity index (χ3v) is 4.76. The van der Waals surface area contributed by atoms with Crippen molar-refractivity contribution in [1.82, 2.24) is 4.90 Å². The van der Waals surface area contributed by atoms with Crippen LogP contribution in [0.15, 0.2) is 24.3 Å². The molecule has 2 aliphatic rings. The Morgan fingerprint density at radius 3 is 2.47 bits per heavy atom. The summed E-state index contributed by atoms with van der Waals surface area (Å²) in [5, 5.41) is 0. The van der Waals surface area contributed by atoms with Crippen LogP contribution in [0.3, 0.4) is 0 Å². The van der Waals surface area contributed by atoms with Crippen molar-refractivity contribution in [2.45, 2.75) is 56.8 Å². The van der Waals surface area contributed by atoms with Crippen LogP contribution in [0, 0.1) is 0 Å². The number of benzene rings is 1. The van der Waals surface area contributed by atoms with Crippen molar-refractivity contribution < 1.29 is 4.74 Å². The standard InChI is InChI=1S/C16H24N2O/c1-11(17)15-5-3-4-6-16(15)19-14-9-12-7-8-13(10-14)18(12)2/h3-6,11-14H,7-10,17H2,1-2H3. The van der Waals surface area contributed by atoms with Gasteiger partial charge in [0, 0.05) is 23.7 Å². The first-order valence-electron chi connectivity index (χ1n) is 7.38. The highest BCUT2D eigenvalue weighted by Crippen LogP contribution is 2.36. The average molecular weight is 260 g/mol. The van der Waals surface area contributed by atoms with E-state index in [0.717, 1.165) is 24.2 Å². The second-order valence-electron chi connectivity index (χ2n) is 6.09. The molecular weight excluding hydrogens is 236 g/mol. The van der Waals surface area contributed by atoms with E-state index in [1.807, 2.05) is 19.1 Å². The lowest BCUT2D eigenvalue weighted by atomic mass is 10.00. The van der Waals surface area contributed by atoms with Crippen LogP contribution in [0.5, 0.6) is 5.75 Å². The molecule has 3 rings (SSSR count). The summed E-state index contributed by atoms with van der Waals surface area (Å²) in [7, 11) is 2.26. The zero-order chi connectivity index (χ0) is 13.4.